The van der Waals surface area contributed by atoms with E-state index in [0.717, 1.165) is 32.5 Å². The van der Waals surface area contributed by atoms with Crippen molar-refractivity contribution in [3.05, 3.63) is 17.5 Å². The van der Waals surface area contributed by atoms with E-state index >= 15 is 0 Å². The fourth-order valence-corrected chi connectivity index (χ4v) is 6.24. The van der Waals surface area contributed by atoms with Crippen LogP contribution in [-0.2, 0) is 14.8 Å². The smallest absolute Gasteiger partial charge is 0.253 e. The van der Waals surface area contributed by atoms with Crippen molar-refractivity contribution < 1.29 is 13.2 Å². The molecular formula is C18H30N4O3S2. The molecule has 1 aromatic heterocycles. The fraction of sp³-hybridized carbons (Fsp3) is 0.722. The van der Waals surface area contributed by atoms with E-state index in [1.165, 1.54) is 22.1 Å². The van der Waals surface area contributed by atoms with Crippen molar-refractivity contribution in [2.45, 2.75) is 36.4 Å². The lowest BCUT2D eigenvalue weighted by Gasteiger charge is -2.35. The Morgan fingerprint density at radius 3 is 2.74 bits per heavy atom. The lowest BCUT2D eigenvalue weighted by molar-refractivity contribution is -0.132. The lowest BCUT2D eigenvalue weighted by atomic mass is 10.0. The SMILES string of the molecule is CC1CCCCN1CCN(CC(=O)N1CCNCC1)S(=O)(=O)c1cccs1. The van der Waals surface area contributed by atoms with Gasteiger partial charge in [0.05, 0.1) is 6.54 Å². The highest BCUT2D eigenvalue weighted by atomic mass is 32.2. The Bertz CT molecular complexity index is 702. The summed E-state index contributed by atoms with van der Waals surface area (Å²) in [4.78, 5) is 16.8. The van der Waals surface area contributed by atoms with Crippen molar-refractivity contribution in [1.82, 2.24) is 19.4 Å². The lowest BCUT2D eigenvalue weighted by Crippen LogP contribution is -2.51. The molecule has 0 aliphatic carbocycles. The Morgan fingerprint density at radius 2 is 2.07 bits per heavy atom. The highest BCUT2D eigenvalue weighted by Gasteiger charge is 2.30. The van der Waals surface area contributed by atoms with Crippen molar-refractivity contribution in [2.24, 2.45) is 0 Å². The van der Waals surface area contributed by atoms with E-state index in [1.54, 1.807) is 22.4 Å². The summed E-state index contributed by atoms with van der Waals surface area (Å²) in [6.45, 7) is 6.92. The number of carbonyl (C=O) groups is 1. The standard InChI is InChI=1S/C18H30N4O3S2/c1-16-5-2-3-9-20(16)12-13-22(27(24,25)18-6-4-14-26-18)15-17(23)21-10-7-19-8-11-21/h4,6,14,16,19H,2-3,5,7-13,15H2,1H3. The van der Waals surface area contributed by atoms with Gasteiger partial charge in [0.1, 0.15) is 4.21 Å². The monoisotopic (exact) mass is 414 g/mol. The van der Waals surface area contributed by atoms with Crippen LogP contribution < -0.4 is 5.32 Å². The molecule has 3 heterocycles. The van der Waals surface area contributed by atoms with Crippen LogP contribution in [0.15, 0.2) is 21.7 Å². The molecular weight excluding hydrogens is 384 g/mol. The van der Waals surface area contributed by atoms with Gasteiger partial charge in [0, 0.05) is 45.3 Å². The van der Waals surface area contributed by atoms with Crippen LogP contribution in [0.25, 0.3) is 0 Å². The molecule has 2 saturated heterocycles. The van der Waals surface area contributed by atoms with Crippen LogP contribution >= 0.6 is 11.3 Å². The summed E-state index contributed by atoms with van der Waals surface area (Å²) in [5.74, 6) is -0.108. The normalized spacial score (nSPS) is 22.3. The number of nitrogens with zero attached hydrogens (tertiary/aromatic N) is 3. The summed E-state index contributed by atoms with van der Waals surface area (Å²) in [6, 6.07) is 3.82. The maximum absolute atomic E-state index is 13.1. The summed E-state index contributed by atoms with van der Waals surface area (Å²) in [6.07, 6.45) is 3.54. The minimum absolute atomic E-state index is 0.0809. The summed E-state index contributed by atoms with van der Waals surface area (Å²) in [5, 5.41) is 4.98. The Morgan fingerprint density at radius 1 is 1.30 bits per heavy atom. The second kappa shape index (κ2) is 9.47. The van der Waals surface area contributed by atoms with Crippen molar-refractivity contribution >= 4 is 27.3 Å². The molecule has 0 saturated carbocycles. The summed E-state index contributed by atoms with van der Waals surface area (Å²) in [5.41, 5.74) is 0. The fourth-order valence-electron chi connectivity index (χ4n) is 3.72. The predicted octanol–water partition coefficient (Wildman–Crippen LogP) is 1.05. The first-order chi connectivity index (χ1) is 13.0. The molecule has 0 spiro atoms. The number of thiophene rings is 1. The van der Waals surface area contributed by atoms with E-state index in [-0.39, 0.29) is 12.5 Å². The second-order valence-electron chi connectivity index (χ2n) is 7.28. The van der Waals surface area contributed by atoms with Crippen molar-refractivity contribution in [2.75, 3.05) is 52.4 Å². The average molecular weight is 415 g/mol. The molecule has 27 heavy (non-hydrogen) atoms. The van der Waals surface area contributed by atoms with E-state index in [9.17, 15) is 13.2 Å². The minimum atomic E-state index is -3.65. The molecule has 1 unspecified atom stereocenters. The van der Waals surface area contributed by atoms with Gasteiger partial charge in [0.15, 0.2) is 0 Å². The maximum atomic E-state index is 13.1. The van der Waals surface area contributed by atoms with Crippen molar-refractivity contribution in [3.8, 4) is 0 Å². The van der Waals surface area contributed by atoms with Gasteiger partial charge < -0.3 is 10.2 Å². The number of hydrogen-bond donors (Lipinski definition) is 1. The first-order valence-electron chi connectivity index (χ1n) is 9.74. The van der Waals surface area contributed by atoms with Crippen LogP contribution in [0.1, 0.15) is 26.2 Å². The van der Waals surface area contributed by atoms with Crippen LogP contribution in [0.3, 0.4) is 0 Å². The molecule has 1 atom stereocenters. The molecule has 2 aliphatic heterocycles. The molecule has 1 N–H and O–H groups in total. The Labute approximate surface area is 166 Å². The Balaban J connectivity index is 1.70. The molecule has 1 amide bonds. The van der Waals surface area contributed by atoms with E-state index in [2.05, 4.69) is 17.1 Å². The third-order valence-corrected chi connectivity index (χ3v) is 8.67. The minimum Gasteiger partial charge on any atom is -0.339 e. The zero-order valence-electron chi connectivity index (χ0n) is 16.0. The number of piperidine rings is 1. The van der Waals surface area contributed by atoms with E-state index in [4.69, 9.17) is 0 Å². The molecule has 3 rings (SSSR count). The van der Waals surface area contributed by atoms with Gasteiger partial charge in [-0.15, -0.1) is 11.3 Å². The van der Waals surface area contributed by atoms with Gasteiger partial charge in [-0.1, -0.05) is 12.5 Å². The second-order valence-corrected chi connectivity index (χ2v) is 10.4. The highest BCUT2D eigenvalue weighted by Crippen LogP contribution is 2.22. The molecule has 0 bridgehead atoms. The van der Waals surface area contributed by atoms with Gasteiger partial charge in [-0.05, 0) is 37.8 Å². The highest BCUT2D eigenvalue weighted by molar-refractivity contribution is 7.91. The number of carbonyl (C=O) groups excluding carboxylic acids is 1. The largest absolute Gasteiger partial charge is 0.339 e. The third-order valence-electron chi connectivity index (χ3n) is 5.45. The molecule has 152 valence electrons. The average Bonchev–Trinajstić information content (AvgIpc) is 3.22. The summed E-state index contributed by atoms with van der Waals surface area (Å²) in [7, 11) is -3.65. The van der Waals surface area contributed by atoms with Gasteiger partial charge >= 0.3 is 0 Å². The van der Waals surface area contributed by atoms with Crippen LogP contribution in [-0.4, -0.2) is 86.8 Å². The van der Waals surface area contributed by atoms with Gasteiger partial charge in [-0.3, -0.25) is 9.69 Å². The van der Waals surface area contributed by atoms with E-state index in [1.807, 2.05) is 0 Å². The van der Waals surface area contributed by atoms with Gasteiger partial charge in [-0.25, -0.2) is 8.42 Å². The predicted molar refractivity (Wildman–Crippen MR) is 107 cm³/mol. The van der Waals surface area contributed by atoms with E-state index in [0.29, 0.717) is 36.4 Å². The number of rotatable bonds is 7. The first kappa shape index (κ1) is 20.7. The molecule has 7 nitrogen and oxygen atoms in total. The quantitative estimate of drug-likeness (QED) is 0.722. The zero-order chi connectivity index (χ0) is 19.3. The third kappa shape index (κ3) is 5.29. The van der Waals surface area contributed by atoms with Gasteiger partial charge in [0.25, 0.3) is 10.0 Å². The van der Waals surface area contributed by atoms with Crippen molar-refractivity contribution in [3.63, 3.8) is 0 Å². The number of hydrogen-bond acceptors (Lipinski definition) is 6. The van der Waals surface area contributed by atoms with Crippen molar-refractivity contribution in [1.29, 1.82) is 0 Å². The number of nitrogens with one attached hydrogen (secondary N) is 1. The summed E-state index contributed by atoms with van der Waals surface area (Å²) < 4.78 is 27.9. The maximum Gasteiger partial charge on any atom is 0.253 e. The first-order valence-corrected chi connectivity index (χ1v) is 12.1. The van der Waals surface area contributed by atoms with Crippen LogP contribution in [0.4, 0.5) is 0 Å². The topological polar surface area (TPSA) is 73.0 Å². The molecule has 0 radical (unpaired) electrons. The molecule has 2 fully saturated rings. The zero-order valence-corrected chi connectivity index (χ0v) is 17.6. The number of piperazine rings is 1. The Kier molecular flexibility index (Phi) is 7.27. The number of amides is 1. The van der Waals surface area contributed by atoms with Gasteiger partial charge in [-0.2, -0.15) is 4.31 Å². The molecule has 2 aliphatic rings. The van der Waals surface area contributed by atoms with Crippen LogP contribution in [0.5, 0.6) is 0 Å². The molecule has 1 aromatic rings. The van der Waals surface area contributed by atoms with Gasteiger partial charge in [0.2, 0.25) is 5.91 Å². The van der Waals surface area contributed by atoms with Crippen LogP contribution in [0, 0.1) is 0 Å². The van der Waals surface area contributed by atoms with Crippen LogP contribution in [0.2, 0.25) is 0 Å². The molecule has 0 aromatic carbocycles. The summed E-state index contributed by atoms with van der Waals surface area (Å²) >= 11 is 1.20. The van der Waals surface area contributed by atoms with E-state index < -0.39 is 10.0 Å². The molecule has 9 heteroatoms. The Hall–Kier alpha value is -1.00. The number of likely N-dealkylation sites (tertiary alicyclic amines) is 1. The number of sulfonamides is 1.